The van der Waals surface area contributed by atoms with E-state index in [1.165, 1.54) is 24.3 Å². The Morgan fingerprint density at radius 3 is 2.10 bits per heavy atom. The number of halogens is 4. The van der Waals surface area contributed by atoms with Crippen molar-refractivity contribution in [1.29, 1.82) is 0 Å². The van der Waals surface area contributed by atoms with Crippen LogP contribution in [0.4, 0.5) is 18.9 Å². The first-order valence-corrected chi connectivity index (χ1v) is 8.62. The van der Waals surface area contributed by atoms with Gasteiger partial charge < -0.3 is 4.74 Å². The summed E-state index contributed by atoms with van der Waals surface area (Å²) in [7, 11) is 0. The van der Waals surface area contributed by atoms with Crippen LogP contribution in [0.2, 0.25) is 5.02 Å². The van der Waals surface area contributed by atoms with Gasteiger partial charge in [-0.05, 0) is 30.3 Å². The van der Waals surface area contributed by atoms with E-state index in [4.69, 9.17) is 16.3 Å². The topological polar surface area (TPSA) is 59.5 Å². The zero-order chi connectivity index (χ0) is 20.8. The van der Waals surface area contributed by atoms with Crippen LogP contribution in [0.5, 0.6) is 11.6 Å². The number of rotatable bonds is 3. The van der Waals surface area contributed by atoms with Crippen molar-refractivity contribution in [3.05, 3.63) is 82.5 Å². The van der Waals surface area contributed by atoms with E-state index in [-0.39, 0.29) is 33.5 Å². The summed E-state index contributed by atoms with van der Waals surface area (Å²) in [4.78, 5) is 30.0. The zero-order valence-electron chi connectivity index (χ0n) is 14.4. The van der Waals surface area contributed by atoms with Crippen molar-refractivity contribution >= 4 is 29.1 Å². The zero-order valence-corrected chi connectivity index (χ0v) is 15.2. The quantitative estimate of drug-likeness (QED) is 0.538. The molecule has 0 aliphatic carbocycles. The number of alkyl halides is 3. The third-order valence-electron chi connectivity index (χ3n) is 4.24. The monoisotopic (exact) mass is 418 g/mol. The van der Waals surface area contributed by atoms with Gasteiger partial charge in [-0.25, -0.2) is 9.88 Å². The molecule has 2 aromatic carbocycles. The van der Waals surface area contributed by atoms with Crippen molar-refractivity contribution in [2.75, 3.05) is 4.90 Å². The van der Waals surface area contributed by atoms with Crippen LogP contribution < -0.4 is 9.64 Å². The first-order valence-electron chi connectivity index (χ1n) is 8.25. The highest BCUT2D eigenvalue weighted by Crippen LogP contribution is 2.39. The molecule has 0 unspecified atom stereocenters. The molecular weight excluding hydrogens is 409 g/mol. The van der Waals surface area contributed by atoms with E-state index < -0.39 is 23.6 Å². The Balaban J connectivity index is 1.71. The third-order valence-corrected chi connectivity index (χ3v) is 4.51. The van der Waals surface area contributed by atoms with Crippen LogP contribution in [0.3, 0.4) is 0 Å². The van der Waals surface area contributed by atoms with Gasteiger partial charge in [0.05, 0.1) is 22.4 Å². The Morgan fingerprint density at radius 1 is 0.931 bits per heavy atom. The lowest BCUT2D eigenvalue weighted by Crippen LogP contribution is -2.29. The largest absolute Gasteiger partial charge is 0.435 e. The smallest absolute Gasteiger partial charge is 0.417 e. The molecule has 0 saturated carbocycles. The van der Waals surface area contributed by atoms with Crippen LogP contribution >= 0.6 is 11.6 Å². The van der Waals surface area contributed by atoms with Gasteiger partial charge in [0.2, 0.25) is 5.88 Å². The van der Waals surface area contributed by atoms with Crippen molar-refractivity contribution in [1.82, 2.24) is 4.98 Å². The predicted molar refractivity (Wildman–Crippen MR) is 98.3 cm³/mol. The maximum Gasteiger partial charge on any atom is 0.417 e. The second-order valence-electron chi connectivity index (χ2n) is 6.07. The van der Waals surface area contributed by atoms with E-state index >= 15 is 0 Å². The fourth-order valence-corrected chi connectivity index (χ4v) is 3.10. The minimum atomic E-state index is -4.60. The number of aromatic nitrogens is 1. The van der Waals surface area contributed by atoms with Gasteiger partial charge in [-0.2, -0.15) is 13.2 Å². The second kappa shape index (κ2) is 6.89. The summed E-state index contributed by atoms with van der Waals surface area (Å²) in [6.07, 6.45) is -4.01. The van der Waals surface area contributed by atoms with Crippen molar-refractivity contribution < 1.29 is 27.5 Å². The summed E-state index contributed by atoms with van der Waals surface area (Å²) in [5, 5.41) is -0.364. The summed E-state index contributed by atoms with van der Waals surface area (Å²) < 4.78 is 43.9. The van der Waals surface area contributed by atoms with Crippen LogP contribution in [0, 0.1) is 0 Å². The number of nitrogens with zero attached hydrogens (tertiary/aromatic N) is 2. The minimum Gasteiger partial charge on any atom is -0.435 e. The fraction of sp³-hybridized carbons (Fsp3) is 0.0500. The molecule has 1 aliphatic rings. The SMILES string of the molecule is O=C1c2ccccc2C(=O)N1c1ccccc1Oc1ncc(C(F)(F)F)cc1Cl. The van der Waals surface area contributed by atoms with Crippen molar-refractivity contribution in [3.63, 3.8) is 0 Å². The number of pyridine rings is 1. The summed E-state index contributed by atoms with van der Waals surface area (Å²) >= 11 is 5.89. The number of ether oxygens (including phenoxy) is 1. The van der Waals surface area contributed by atoms with E-state index in [1.807, 2.05) is 0 Å². The molecule has 1 aliphatic heterocycles. The molecule has 0 radical (unpaired) electrons. The summed E-state index contributed by atoms with van der Waals surface area (Å²) in [6, 6.07) is 13.1. The Labute approximate surface area is 167 Å². The van der Waals surface area contributed by atoms with Crippen LogP contribution in [-0.2, 0) is 6.18 Å². The van der Waals surface area contributed by atoms with Crippen molar-refractivity contribution in [2.24, 2.45) is 0 Å². The molecule has 29 heavy (non-hydrogen) atoms. The van der Waals surface area contributed by atoms with E-state index in [0.29, 0.717) is 12.3 Å². The molecule has 9 heteroatoms. The first-order chi connectivity index (χ1) is 13.8. The molecule has 0 bridgehead atoms. The van der Waals surface area contributed by atoms with Crippen LogP contribution in [0.15, 0.2) is 60.8 Å². The number of hydrogen-bond donors (Lipinski definition) is 0. The number of anilines is 1. The number of hydrogen-bond acceptors (Lipinski definition) is 4. The summed E-state index contributed by atoms with van der Waals surface area (Å²) in [5.41, 5.74) is -0.407. The highest BCUT2D eigenvalue weighted by molar-refractivity contribution is 6.35. The Bertz CT molecular complexity index is 1110. The molecule has 4 rings (SSSR count). The van der Waals surface area contributed by atoms with E-state index in [1.54, 1.807) is 24.3 Å². The summed E-state index contributed by atoms with van der Waals surface area (Å²) in [6.45, 7) is 0. The van der Waals surface area contributed by atoms with E-state index in [0.717, 1.165) is 4.90 Å². The van der Waals surface area contributed by atoms with Gasteiger partial charge >= 0.3 is 6.18 Å². The molecule has 0 N–H and O–H groups in total. The van der Waals surface area contributed by atoms with Gasteiger partial charge in [0.15, 0.2) is 5.75 Å². The van der Waals surface area contributed by atoms with Gasteiger partial charge in [0, 0.05) is 6.20 Å². The standard InChI is InChI=1S/C20H10ClF3N2O3/c21-14-9-11(20(22,23)24)10-25-17(14)29-16-8-4-3-7-15(16)26-18(27)12-5-1-2-6-13(12)19(26)28/h1-10H. The number of benzene rings is 2. The number of fused-ring (bicyclic) bond motifs is 1. The van der Waals surface area contributed by atoms with E-state index in [2.05, 4.69) is 4.98 Å². The molecule has 2 amide bonds. The maximum absolute atomic E-state index is 12.8. The number of imide groups is 1. The molecule has 0 atom stereocenters. The lowest BCUT2D eigenvalue weighted by Gasteiger charge is -2.18. The average molecular weight is 419 g/mol. The van der Waals surface area contributed by atoms with Gasteiger partial charge in [-0.1, -0.05) is 35.9 Å². The molecule has 5 nitrogen and oxygen atoms in total. The maximum atomic E-state index is 12.8. The predicted octanol–water partition coefficient (Wildman–Crippen LogP) is 5.35. The number of para-hydroxylation sites is 2. The Kier molecular flexibility index (Phi) is 4.50. The fourth-order valence-electron chi connectivity index (χ4n) is 2.90. The number of amides is 2. The van der Waals surface area contributed by atoms with Crippen LogP contribution in [-0.4, -0.2) is 16.8 Å². The second-order valence-corrected chi connectivity index (χ2v) is 6.48. The van der Waals surface area contributed by atoms with Gasteiger partial charge in [-0.3, -0.25) is 9.59 Å². The minimum absolute atomic E-state index is 0.0381. The number of carbonyl (C=O) groups excluding carboxylic acids is 2. The summed E-state index contributed by atoms with van der Waals surface area (Å²) in [5.74, 6) is -1.32. The van der Waals surface area contributed by atoms with Crippen LogP contribution in [0.1, 0.15) is 26.3 Å². The van der Waals surface area contributed by atoms with Crippen molar-refractivity contribution in [3.8, 4) is 11.6 Å². The lowest BCUT2D eigenvalue weighted by molar-refractivity contribution is -0.137. The third kappa shape index (κ3) is 3.31. The van der Waals surface area contributed by atoms with E-state index in [9.17, 15) is 22.8 Å². The van der Waals surface area contributed by atoms with Gasteiger partial charge in [-0.15, -0.1) is 0 Å². The number of carbonyl (C=O) groups is 2. The first kappa shape index (κ1) is 18.9. The van der Waals surface area contributed by atoms with Crippen molar-refractivity contribution in [2.45, 2.75) is 6.18 Å². The average Bonchev–Trinajstić information content (AvgIpc) is 2.94. The molecule has 1 aromatic heterocycles. The molecule has 0 saturated heterocycles. The molecule has 2 heterocycles. The molecular formula is C20H10ClF3N2O3. The normalized spacial score (nSPS) is 13.6. The highest BCUT2D eigenvalue weighted by Gasteiger charge is 2.38. The van der Waals surface area contributed by atoms with Gasteiger partial charge in [0.1, 0.15) is 5.02 Å². The van der Waals surface area contributed by atoms with Gasteiger partial charge in [0.25, 0.3) is 11.8 Å². The van der Waals surface area contributed by atoms with Crippen LogP contribution in [0.25, 0.3) is 0 Å². The Morgan fingerprint density at radius 2 is 1.52 bits per heavy atom. The molecule has 0 spiro atoms. The highest BCUT2D eigenvalue weighted by atomic mass is 35.5. The molecule has 0 fully saturated rings. The lowest BCUT2D eigenvalue weighted by atomic mass is 10.1. The molecule has 146 valence electrons. The molecule has 3 aromatic rings. The Hall–Kier alpha value is -3.39.